The molecular weight excluding hydrogens is 709 g/mol. The highest BCUT2D eigenvalue weighted by Crippen LogP contribution is 2.44. The molecule has 9 aromatic carbocycles. The second-order valence-electron chi connectivity index (χ2n) is 14.5. The lowest BCUT2D eigenvalue weighted by molar-refractivity contribution is 0.623. The van der Waals surface area contributed by atoms with Crippen molar-refractivity contribution in [3.8, 4) is 17.1 Å². The average Bonchev–Trinajstić information content (AvgIpc) is 3.88. The summed E-state index contributed by atoms with van der Waals surface area (Å²) in [6.07, 6.45) is 0. The van der Waals surface area contributed by atoms with Crippen molar-refractivity contribution in [3.05, 3.63) is 218 Å². The maximum atomic E-state index is 6.57. The quantitative estimate of drug-likeness (QED) is 0.155. The number of hydrogen-bond acceptors (Lipinski definition) is 4. The van der Waals surface area contributed by atoms with Crippen LogP contribution in [0.15, 0.2) is 223 Å². The first kappa shape index (κ1) is 33.4. The Balaban J connectivity index is 1.14. The third-order valence-corrected chi connectivity index (χ3v) is 10.9. The molecule has 0 aliphatic carbocycles. The number of fused-ring (bicyclic) bond motifs is 6. The van der Waals surface area contributed by atoms with Crippen molar-refractivity contribution >= 4 is 77.8 Å². The van der Waals surface area contributed by atoms with Gasteiger partial charge in [0.2, 0.25) is 5.89 Å². The lowest BCUT2D eigenvalue weighted by Crippen LogP contribution is -2.13. The smallest absolute Gasteiger partial charge is 0.227 e. The second-order valence-corrected chi connectivity index (χ2v) is 14.5. The Kier molecular flexibility index (Phi) is 8.07. The minimum absolute atomic E-state index is 0.611. The predicted octanol–water partition coefficient (Wildman–Crippen LogP) is 14.7. The van der Waals surface area contributed by atoms with Crippen molar-refractivity contribution in [1.82, 2.24) is 9.55 Å². The Labute approximate surface area is 335 Å². The lowest BCUT2D eigenvalue weighted by atomic mass is 10.1. The number of nitrogens with zero attached hydrogens (tertiary/aromatic N) is 4. The monoisotopic (exact) mass is 744 g/mol. The Morgan fingerprint density at radius 1 is 0.379 bits per heavy atom. The van der Waals surface area contributed by atoms with E-state index in [4.69, 9.17) is 9.40 Å². The van der Waals surface area contributed by atoms with E-state index in [-0.39, 0.29) is 0 Å². The second kappa shape index (κ2) is 14.0. The lowest BCUT2D eigenvalue weighted by Gasteiger charge is -2.29. The molecule has 274 valence electrons. The summed E-state index contributed by atoms with van der Waals surface area (Å²) >= 11 is 0. The van der Waals surface area contributed by atoms with Crippen molar-refractivity contribution in [2.45, 2.75) is 0 Å². The molecule has 0 aliphatic heterocycles. The molecule has 0 radical (unpaired) electrons. The first-order chi connectivity index (χ1) is 28.8. The topological polar surface area (TPSA) is 37.4 Å². The number of rotatable bonds is 8. The predicted molar refractivity (Wildman–Crippen MR) is 241 cm³/mol. The first-order valence-electron chi connectivity index (χ1n) is 19.5. The van der Waals surface area contributed by atoms with E-state index in [9.17, 15) is 0 Å². The molecule has 0 saturated heterocycles. The van der Waals surface area contributed by atoms with Crippen LogP contribution in [-0.4, -0.2) is 9.55 Å². The Hall–Kier alpha value is -7.89. The molecule has 0 N–H and O–H groups in total. The molecule has 11 aromatic rings. The molecule has 0 amide bonds. The number of para-hydroxylation sites is 4. The van der Waals surface area contributed by atoms with Gasteiger partial charge in [0.15, 0.2) is 5.58 Å². The summed E-state index contributed by atoms with van der Waals surface area (Å²) < 4.78 is 8.93. The van der Waals surface area contributed by atoms with Gasteiger partial charge in [0.05, 0.1) is 11.0 Å². The zero-order valence-electron chi connectivity index (χ0n) is 31.5. The van der Waals surface area contributed by atoms with Crippen molar-refractivity contribution in [2.24, 2.45) is 0 Å². The summed E-state index contributed by atoms with van der Waals surface area (Å²) in [5.41, 5.74) is 12.3. The highest BCUT2D eigenvalue weighted by atomic mass is 16.3. The molecule has 0 spiro atoms. The molecule has 11 rings (SSSR count). The van der Waals surface area contributed by atoms with E-state index in [1.807, 2.05) is 36.4 Å². The minimum atomic E-state index is 0.611. The summed E-state index contributed by atoms with van der Waals surface area (Å²) in [6.45, 7) is 0. The van der Waals surface area contributed by atoms with Gasteiger partial charge in [0, 0.05) is 61.5 Å². The van der Waals surface area contributed by atoms with Crippen LogP contribution in [-0.2, 0) is 0 Å². The fourth-order valence-corrected chi connectivity index (χ4v) is 8.31. The maximum absolute atomic E-state index is 6.57. The van der Waals surface area contributed by atoms with Crippen LogP contribution >= 0.6 is 0 Å². The van der Waals surface area contributed by atoms with Crippen LogP contribution in [0.25, 0.3) is 60.8 Å². The molecular formula is C53H36N4O. The summed E-state index contributed by atoms with van der Waals surface area (Å²) in [5.74, 6) is 0.611. The zero-order valence-corrected chi connectivity index (χ0v) is 31.5. The number of benzene rings is 9. The van der Waals surface area contributed by atoms with Gasteiger partial charge in [-0.15, -0.1) is 0 Å². The highest BCUT2D eigenvalue weighted by molar-refractivity contribution is 6.11. The molecule has 5 nitrogen and oxygen atoms in total. The van der Waals surface area contributed by atoms with E-state index >= 15 is 0 Å². The van der Waals surface area contributed by atoms with Gasteiger partial charge in [-0.25, -0.2) is 4.98 Å². The molecule has 2 aromatic heterocycles. The van der Waals surface area contributed by atoms with Crippen LogP contribution < -0.4 is 9.80 Å². The fraction of sp³-hybridized carbons (Fsp3) is 0. The molecule has 0 aliphatic rings. The third-order valence-electron chi connectivity index (χ3n) is 10.9. The first-order valence-corrected chi connectivity index (χ1v) is 19.5. The van der Waals surface area contributed by atoms with Gasteiger partial charge in [0.1, 0.15) is 5.52 Å². The summed E-state index contributed by atoms with van der Waals surface area (Å²) in [7, 11) is 0. The van der Waals surface area contributed by atoms with E-state index in [1.165, 1.54) is 16.3 Å². The molecule has 0 fully saturated rings. The molecule has 0 bridgehead atoms. The van der Waals surface area contributed by atoms with Crippen molar-refractivity contribution in [2.75, 3.05) is 9.80 Å². The van der Waals surface area contributed by atoms with Gasteiger partial charge in [-0.1, -0.05) is 109 Å². The normalized spacial score (nSPS) is 11.4. The van der Waals surface area contributed by atoms with Gasteiger partial charge in [-0.05, 0) is 115 Å². The van der Waals surface area contributed by atoms with E-state index in [1.54, 1.807) is 0 Å². The van der Waals surface area contributed by atoms with E-state index in [2.05, 4.69) is 196 Å². The number of aromatic nitrogens is 2. The average molecular weight is 745 g/mol. The number of oxazole rings is 1. The highest BCUT2D eigenvalue weighted by Gasteiger charge is 2.21. The Morgan fingerprint density at radius 3 is 1.60 bits per heavy atom. The third kappa shape index (κ3) is 5.76. The van der Waals surface area contributed by atoms with E-state index in [0.29, 0.717) is 5.89 Å². The van der Waals surface area contributed by atoms with Crippen LogP contribution in [0.4, 0.5) is 34.1 Å². The number of anilines is 6. The van der Waals surface area contributed by atoms with Crippen LogP contribution in [0.3, 0.4) is 0 Å². The van der Waals surface area contributed by atoms with Crippen LogP contribution in [0.1, 0.15) is 0 Å². The standard InChI is InChI=1S/C53H36N4O/c1-5-16-38(17-6-1)53-54-49-32-29-37-28-30-44(35-47(37)52(49)58-53)56(43-25-15-24-42(34-43)55(39-18-7-2-8-19-39)40-20-9-3-10-21-40)45-31-33-51-48(36-45)46-26-13-14-27-50(46)57(51)41-22-11-4-12-23-41/h1-36H. The molecule has 0 unspecified atom stereocenters. The van der Waals surface area contributed by atoms with Gasteiger partial charge in [0.25, 0.3) is 0 Å². The van der Waals surface area contributed by atoms with Gasteiger partial charge >= 0.3 is 0 Å². The van der Waals surface area contributed by atoms with Crippen LogP contribution in [0.2, 0.25) is 0 Å². The largest absolute Gasteiger partial charge is 0.435 e. The van der Waals surface area contributed by atoms with Crippen LogP contribution in [0.5, 0.6) is 0 Å². The van der Waals surface area contributed by atoms with E-state index < -0.39 is 0 Å². The van der Waals surface area contributed by atoms with Crippen molar-refractivity contribution < 1.29 is 4.42 Å². The molecule has 58 heavy (non-hydrogen) atoms. The summed E-state index contributed by atoms with van der Waals surface area (Å²) in [5, 5.41) is 4.47. The van der Waals surface area contributed by atoms with Crippen LogP contribution in [0, 0.1) is 0 Å². The minimum Gasteiger partial charge on any atom is -0.435 e. The van der Waals surface area contributed by atoms with Gasteiger partial charge in [-0.3, -0.25) is 0 Å². The molecule has 0 atom stereocenters. The Morgan fingerprint density at radius 2 is 0.897 bits per heavy atom. The zero-order chi connectivity index (χ0) is 38.4. The van der Waals surface area contributed by atoms with Crippen molar-refractivity contribution in [3.63, 3.8) is 0 Å². The molecule has 5 heteroatoms. The fourth-order valence-electron chi connectivity index (χ4n) is 8.31. The number of hydrogen-bond donors (Lipinski definition) is 0. The van der Waals surface area contributed by atoms with E-state index in [0.717, 1.165) is 72.8 Å². The SMILES string of the molecule is c1ccc(-c2nc3ccc4ccc(N(c5cccc(N(c6ccccc6)c6ccccc6)c5)c5ccc6c(c5)c5ccccc5n6-c5ccccc5)cc4c3o2)cc1. The molecule has 2 heterocycles. The van der Waals surface area contributed by atoms with Crippen molar-refractivity contribution in [1.29, 1.82) is 0 Å². The maximum Gasteiger partial charge on any atom is 0.227 e. The molecule has 0 saturated carbocycles. The van der Waals surface area contributed by atoms with Gasteiger partial charge < -0.3 is 18.8 Å². The summed E-state index contributed by atoms with van der Waals surface area (Å²) in [4.78, 5) is 9.58. The summed E-state index contributed by atoms with van der Waals surface area (Å²) in [6, 6.07) is 76.9. The van der Waals surface area contributed by atoms with Gasteiger partial charge in [-0.2, -0.15) is 0 Å². The Bertz CT molecular complexity index is 3190.